The molecule has 0 amide bonds. The fourth-order valence-corrected chi connectivity index (χ4v) is 1.23. The lowest BCUT2D eigenvalue weighted by atomic mass is 10.2. The zero-order chi connectivity index (χ0) is 8.81. The lowest BCUT2D eigenvalue weighted by Gasteiger charge is -2.28. The van der Waals surface area contributed by atoms with E-state index in [9.17, 15) is 0 Å². The Hall–Kier alpha value is -0.160. The average molecular weight is 175 g/mol. The predicted molar refractivity (Wildman–Crippen MR) is 45.0 cm³/mol. The standard InChI is InChI=1S/C8H17NO3/c1-7-3-9-4-8(12-7)5-11-6-10-2/h7-9H,3-6H2,1-2H3. The third kappa shape index (κ3) is 3.49. The molecule has 1 rings (SSSR count). The SMILES string of the molecule is COCOCC1CNCC(C)O1. The van der Waals surface area contributed by atoms with Crippen molar-refractivity contribution in [3.05, 3.63) is 0 Å². The van der Waals surface area contributed by atoms with Crippen LogP contribution in [0.4, 0.5) is 0 Å². The highest BCUT2D eigenvalue weighted by Crippen LogP contribution is 2.03. The van der Waals surface area contributed by atoms with Crippen molar-refractivity contribution >= 4 is 0 Å². The van der Waals surface area contributed by atoms with E-state index in [0.29, 0.717) is 13.4 Å². The van der Waals surface area contributed by atoms with Gasteiger partial charge in [-0.3, -0.25) is 0 Å². The normalized spacial score (nSPS) is 30.5. The maximum atomic E-state index is 5.59. The van der Waals surface area contributed by atoms with Crippen molar-refractivity contribution in [1.82, 2.24) is 5.32 Å². The topological polar surface area (TPSA) is 39.7 Å². The molecular weight excluding hydrogens is 158 g/mol. The second kappa shape index (κ2) is 5.48. The van der Waals surface area contributed by atoms with Gasteiger partial charge in [-0.1, -0.05) is 0 Å². The minimum Gasteiger partial charge on any atom is -0.370 e. The number of hydrogen-bond acceptors (Lipinski definition) is 4. The van der Waals surface area contributed by atoms with Crippen LogP contribution in [0, 0.1) is 0 Å². The molecule has 0 spiro atoms. The summed E-state index contributed by atoms with van der Waals surface area (Å²) in [5, 5.41) is 3.27. The maximum Gasteiger partial charge on any atom is 0.146 e. The van der Waals surface area contributed by atoms with Crippen LogP contribution < -0.4 is 5.32 Å². The molecule has 0 bridgehead atoms. The van der Waals surface area contributed by atoms with Gasteiger partial charge in [0.25, 0.3) is 0 Å². The summed E-state index contributed by atoms with van der Waals surface area (Å²) in [5.41, 5.74) is 0. The summed E-state index contributed by atoms with van der Waals surface area (Å²) in [5.74, 6) is 0. The van der Waals surface area contributed by atoms with Crippen LogP contribution in [0.5, 0.6) is 0 Å². The summed E-state index contributed by atoms with van der Waals surface area (Å²) in [4.78, 5) is 0. The maximum absolute atomic E-state index is 5.59. The number of hydrogen-bond donors (Lipinski definition) is 1. The summed E-state index contributed by atoms with van der Waals surface area (Å²) >= 11 is 0. The molecule has 0 aromatic heterocycles. The molecule has 4 nitrogen and oxygen atoms in total. The summed E-state index contributed by atoms with van der Waals surface area (Å²) in [7, 11) is 1.61. The first kappa shape index (κ1) is 9.92. The van der Waals surface area contributed by atoms with Gasteiger partial charge in [0.05, 0.1) is 18.8 Å². The molecule has 0 radical (unpaired) electrons. The quantitative estimate of drug-likeness (QED) is 0.481. The minimum atomic E-state index is 0.170. The Morgan fingerprint density at radius 2 is 2.33 bits per heavy atom. The van der Waals surface area contributed by atoms with Gasteiger partial charge in [-0.25, -0.2) is 0 Å². The van der Waals surface area contributed by atoms with E-state index in [1.54, 1.807) is 7.11 Å². The van der Waals surface area contributed by atoms with Gasteiger partial charge in [0.2, 0.25) is 0 Å². The van der Waals surface area contributed by atoms with E-state index in [-0.39, 0.29) is 12.2 Å². The predicted octanol–water partition coefficient (Wildman–Crippen LogP) is -0.0162. The monoisotopic (exact) mass is 175 g/mol. The Morgan fingerprint density at radius 3 is 3.00 bits per heavy atom. The number of morpholine rings is 1. The number of nitrogens with one attached hydrogen (secondary N) is 1. The van der Waals surface area contributed by atoms with Crippen LogP contribution in [0.3, 0.4) is 0 Å². The lowest BCUT2D eigenvalue weighted by molar-refractivity contribution is -0.104. The van der Waals surface area contributed by atoms with Gasteiger partial charge in [0.1, 0.15) is 6.79 Å². The molecule has 0 aliphatic carbocycles. The Balaban J connectivity index is 2.06. The molecule has 1 heterocycles. The Kier molecular flexibility index (Phi) is 4.53. The van der Waals surface area contributed by atoms with Gasteiger partial charge < -0.3 is 19.5 Å². The second-order valence-electron chi connectivity index (χ2n) is 3.00. The summed E-state index contributed by atoms with van der Waals surface area (Å²) < 4.78 is 15.5. The average Bonchev–Trinajstić information content (AvgIpc) is 2.05. The van der Waals surface area contributed by atoms with E-state index in [0.717, 1.165) is 13.1 Å². The van der Waals surface area contributed by atoms with Crippen LogP contribution in [0.2, 0.25) is 0 Å². The first-order valence-electron chi connectivity index (χ1n) is 4.25. The molecule has 4 heteroatoms. The molecule has 1 fully saturated rings. The van der Waals surface area contributed by atoms with Crippen LogP contribution in [0.15, 0.2) is 0 Å². The fourth-order valence-electron chi connectivity index (χ4n) is 1.23. The third-order valence-corrected chi connectivity index (χ3v) is 1.73. The van der Waals surface area contributed by atoms with Crippen molar-refractivity contribution < 1.29 is 14.2 Å². The first-order chi connectivity index (χ1) is 5.83. The second-order valence-corrected chi connectivity index (χ2v) is 3.00. The number of methoxy groups -OCH3 is 1. The van der Waals surface area contributed by atoms with Gasteiger partial charge in [-0.15, -0.1) is 0 Å². The number of rotatable bonds is 4. The molecule has 1 saturated heterocycles. The molecule has 0 aromatic carbocycles. The van der Waals surface area contributed by atoms with Gasteiger partial charge in [0, 0.05) is 20.2 Å². The molecule has 1 N–H and O–H groups in total. The van der Waals surface area contributed by atoms with E-state index >= 15 is 0 Å². The summed E-state index contributed by atoms with van der Waals surface area (Å²) in [6.45, 7) is 4.80. The molecule has 1 aliphatic heterocycles. The van der Waals surface area contributed by atoms with E-state index < -0.39 is 0 Å². The van der Waals surface area contributed by atoms with E-state index in [4.69, 9.17) is 14.2 Å². The third-order valence-electron chi connectivity index (χ3n) is 1.73. The Morgan fingerprint density at radius 1 is 1.50 bits per heavy atom. The van der Waals surface area contributed by atoms with Crippen LogP contribution in [0.1, 0.15) is 6.92 Å². The molecule has 2 unspecified atom stereocenters. The molecular formula is C8H17NO3. The van der Waals surface area contributed by atoms with E-state index in [1.807, 2.05) is 0 Å². The van der Waals surface area contributed by atoms with E-state index in [1.165, 1.54) is 0 Å². The Bertz CT molecular complexity index is 121. The highest BCUT2D eigenvalue weighted by molar-refractivity contribution is 4.70. The van der Waals surface area contributed by atoms with Gasteiger partial charge in [-0.2, -0.15) is 0 Å². The minimum absolute atomic E-state index is 0.170. The van der Waals surface area contributed by atoms with Crippen LogP contribution in [-0.2, 0) is 14.2 Å². The Labute approximate surface area is 73.2 Å². The smallest absolute Gasteiger partial charge is 0.146 e. The van der Waals surface area contributed by atoms with Crippen LogP contribution in [-0.4, -0.2) is 45.8 Å². The number of ether oxygens (including phenoxy) is 3. The summed E-state index contributed by atoms with van der Waals surface area (Å²) in [6, 6.07) is 0. The van der Waals surface area contributed by atoms with Gasteiger partial charge in [-0.05, 0) is 6.92 Å². The molecule has 1 aliphatic rings. The molecule has 0 aromatic rings. The highest BCUT2D eigenvalue weighted by atomic mass is 16.7. The van der Waals surface area contributed by atoms with Gasteiger partial charge >= 0.3 is 0 Å². The molecule has 12 heavy (non-hydrogen) atoms. The van der Waals surface area contributed by atoms with Crippen molar-refractivity contribution in [1.29, 1.82) is 0 Å². The van der Waals surface area contributed by atoms with Crippen molar-refractivity contribution in [2.24, 2.45) is 0 Å². The van der Waals surface area contributed by atoms with Crippen LogP contribution >= 0.6 is 0 Å². The summed E-state index contributed by atoms with van der Waals surface area (Å²) in [6.07, 6.45) is 0.457. The molecule has 2 atom stereocenters. The zero-order valence-electron chi connectivity index (χ0n) is 7.71. The van der Waals surface area contributed by atoms with Crippen molar-refractivity contribution in [2.45, 2.75) is 19.1 Å². The van der Waals surface area contributed by atoms with Crippen molar-refractivity contribution in [3.8, 4) is 0 Å². The van der Waals surface area contributed by atoms with Crippen LogP contribution in [0.25, 0.3) is 0 Å². The van der Waals surface area contributed by atoms with Gasteiger partial charge in [0.15, 0.2) is 0 Å². The molecule has 72 valence electrons. The highest BCUT2D eigenvalue weighted by Gasteiger charge is 2.18. The zero-order valence-corrected chi connectivity index (χ0v) is 7.71. The first-order valence-corrected chi connectivity index (χ1v) is 4.25. The largest absolute Gasteiger partial charge is 0.370 e. The lowest BCUT2D eigenvalue weighted by Crippen LogP contribution is -2.45. The molecule has 0 saturated carbocycles. The van der Waals surface area contributed by atoms with E-state index in [2.05, 4.69) is 12.2 Å². The fraction of sp³-hybridized carbons (Fsp3) is 1.00. The van der Waals surface area contributed by atoms with Crippen molar-refractivity contribution in [2.75, 3.05) is 33.6 Å². The van der Waals surface area contributed by atoms with Crippen molar-refractivity contribution in [3.63, 3.8) is 0 Å².